The molecule has 1 fully saturated rings. The zero-order chi connectivity index (χ0) is 50.3. The fourth-order valence-electron chi connectivity index (χ4n) is 8.64. The molecule has 0 aliphatic carbocycles. The van der Waals surface area contributed by atoms with Crippen LogP contribution in [0.2, 0.25) is 0 Å². The predicted molar refractivity (Wildman–Crippen MR) is 283 cm³/mol. The van der Waals surface area contributed by atoms with Crippen LogP contribution in [0, 0.1) is 0 Å². The maximum atomic E-state index is 13.0. The largest absolute Gasteiger partial charge is 0.466 e. The fraction of sp³-hybridized carbons (Fsp3) is 0.828. The van der Waals surface area contributed by atoms with E-state index in [2.05, 4.69) is 55.6 Å². The number of unbranched alkanes of at least 4 members (excludes halogenated alkanes) is 28. The van der Waals surface area contributed by atoms with Crippen molar-refractivity contribution in [2.24, 2.45) is 0 Å². The average Bonchev–Trinajstić information content (AvgIpc) is 3.34. The number of nitrogens with one attached hydrogen (secondary N) is 1. The lowest BCUT2D eigenvalue weighted by Gasteiger charge is -2.40. The molecule has 0 aromatic rings. The zero-order valence-corrected chi connectivity index (χ0v) is 44.0. The molecule has 0 aromatic carbocycles. The van der Waals surface area contributed by atoms with Crippen LogP contribution in [0.1, 0.15) is 245 Å². The summed E-state index contributed by atoms with van der Waals surface area (Å²) in [4.78, 5) is 25.0. The van der Waals surface area contributed by atoms with E-state index in [0.29, 0.717) is 19.4 Å². The second kappa shape index (κ2) is 47.9. The van der Waals surface area contributed by atoms with Crippen molar-refractivity contribution in [2.45, 2.75) is 288 Å². The molecule has 0 radical (unpaired) electrons. The van der Waals surface area contributed by atoms with Crippen molar-refractivity contribution in [2.75, 3.05) is 19.8 Å². The normalized spacial score (nSPS) is 19.7. The molecule has 11 nitrogen and oxygen atoms in total. The molecule has 7 atom stereocenters. The highest BCUT2D eigenvalue weighted by atomic mass is 16.7. The van der Waals surface area contributed by atoms with Gasteiger partial charge in [-0.25, -0.2) is 0 Å². The number of amides is 1. The number of aliphatic hydroxyl groups is 5. The Balaban J connectivity index is 2.08. The highest BCUT2D eigenvalue weighted by molar-refractivity contribution is 5.76. The van der Waals surface area contributed by atoms with Crippen molar-refractivity contribution in [1.29, 1.82) is 0 Å². The monoisotopic (exact) mass is 976 g/mol. The van der Waals surface area contributed by atoms with Crippen molar-refractivity contribution < 1.29 is 49.3 Å². The standard InChI is InChI=1S/C58H105NO10/c1-3-5-7-9-11-13-25-30-34-38-42-46-54(63)67-47-43-39-35-31-27-24-22-20-18-16-15-17-19-21-23-26-29-33-37-41-45-53(62)59-50(49-68-58-57(66)56(65)55(64)52(48-60)69-58)51(61)44-40-36-32-28-14-12-10-8-6-4-2/h6,8,14-15,17,28,40,44,50-52,55-58,60-61,64-66H,3-5,7,9-13,16,18-27,29-39,41-43,45-49H2,1-2H3,(H,59,62)/b8-6+,17-15-,28-14+,44-40+. The lowest BCUT2D eigenvalue weighted by Crippen LogP contribution is -2.60. The number of hydrogen-bond acceptors (Lipinski definition) is 10. The van der Waals surface area contributed by atoms with E-state index in [4.69, 9.17) is 14.2 Å². The summed E-state index contributed by atoms with van der Waals surface area (Å²) in [5.41, 5.74) is 0. The second-order valence-electron chi connectivity index (χ2n) is 19.6. The number of carbonyl (C=O) groups is 2. The summed E-state index contributed by atoms with van der Waals surface area (Å²) < 4.78 is 16.6. The SMILES string of the molecule is CC/C=C/CC/C=C/CC/C=C/C(O)C(COC1OC(CO)C(O)C(O)C1O)NC(=O)CCCCCCCCC/C=C\CCCCCCCCCCCOC(=O)CCCCCCCCCCCCC. The lowest BCUT2D eigenvalue weighted by atomic mass is 9.99. The van der Waals surface area contributed by atoms with Gasteiger partial charge < -0.3 is 45.1 Å². The number of esters is 1. The Morgan fingerprint density at radius 1 is 0.536 bits per heavy atom. The number of allylic oxidation sites excluding steroid dienone is 7. The maximum Gasteiger partial charge on any atom is 0.305 e. The summed E-state index contributed by atoms with van der Waals surface area (Å²) in [5.74, 6) is -0.218. The van der Waals surface area contributed by atoms with Crippen molar-refractivity contribution >= 4 is 11.9 Å². The van der Waals surface area contributed by atoms with Gasteiger partial charge >= 0.3 is 5.97 Å². The molecular weight excluding hydrogens is 871 g/mol. The predicted octanol–water partition coefficient (Wildman–Crippen LogP) is 12.5. The van der Waals surface area contributed by atoms with Crippen LogP contribution in [-0.4, -0.2) is 100 Å². The van der Waals surface area contributed by atoms with Crippen LogP contribution in [-0.2, 0) is 23.8 Å². The molecule has 0 saturated carbocycles. The fourth-order valence-corrected chi connectivity index (χ4v) is 8.64. The minimum Gasteiger partial charge on any atom is -0.466 e. The Morgan fingerprint density at radius 2 is 0.986 bits per heavy atom. The van der Waals surface area contributed by atoms with Crippen molar-refractivity contribution in [3.63, 3.8) is 0 Å². The van der Waals surface area contributed by atoms with E-state index < -0.39 is 49.5 Å². The van der Waals surface area contributed by atoms with E-state index >= 15 is 0 Å². The highest BCUT2D eigenvalue weighted by Gasteiger charge is 2.44. The van der Waals surface area contributed by atoms with Crippen LogP contribution in [0.5, 0.6) is 0 Å². The van der Waals surface area contributed by atoms with Crippen molar-refractivity contribution in [3.05, 3.63) is 48.6 Å². The molecule has 1 aliphatic heterocycles. The van der Waals surface area contributed by atoms with Crippen molar-refractivity contribution in [3.8, 4) is 0 Å². The third kappa shape index (κ3) is 38.0. The molecule has 1 rings (SSSR count). The first-order chi connectivity index (χ1) is 33.7. The minimum atomic E-state index is -1.58. The van der Waals surface area contributed by atoms with Gasteiger partial charge in [-0.05, 0) is 77.0 Å². The van der Waals surface area contributed by atoms with E-state index in [9.17, 15) is 35.1 Å². The average molecular weight is 976 g/mol. The summed E-state index contributed by atoms with van der Waals surface area (Å²) >= 11 is 0. The Kier molecular flexibility index (Phi) is 44.9. The van der Waals surface area contributed by atoms with Crippen LogP contribution in [0.25, 0.3) is 0 Å². The summed E-state index contributed by atoms with van der Waals surface area (Å²) in [6.07, 6.45) is 49.3. The lowest BCUT2D eigenvalue weighted by molar-refractivity contribution is -0.302. The third-order valence-corrected chi connectivity index (χ3v) is 13.2. The summed E-state index contributed by atoms with van der Waals surface area (Å²) in [6.45, 7) is 4.17. The van der Waals surface area contributed by atoms with Gasteiger partial charge in [-0.3, -0.25) is 9.59 Å². The van der Waals surface area contributed by atoms with Gasteiger partial charge in [0.25, 0.3) is 0 Å². The molecular formula is C58H105NO10. The molecule has 1 saturated heterocycles. The van der Waals surface area contributed by atoms with E-state index in [-0.39, 0.29) is 18.5 Å². The van der Waals surface area contributed by atoms with Crippen LogP contribution in [0.15, 0.2) is 48.6 Å². The minimum absolute atomic E-state index is 0.00979. The van der Waals surface area contributed by atoms with Crippen molar-refractivity contribution in [1.82, 2.24) is 5.32 Å². The summed E-state index contributed by atoms with van der Waals surface area (Å²) in [5, 5.41) is 54.1. The second-order valence-corrected chi connectivity index (χ2v) is 19.6. The molecule has 1 aliphatic rings. The first-order valence-electron chi connectivity index (χ1n) is 28.4. The molecule has 11 heteroatoms. The molecule has 6 N–H and O–H groups in total. The van der Waals surface area contributed by atoms with E-state index in [0.717, 1.165) is 89.9 Å². The van der Waals surface area contributed by atoms with Crippen LogP contribution >= 0.6 is 0 Å². The van der Waals surface area contributed by atoms with Gasteiger partial charge in [0.15, 0.2) is 6.29 Å². The van der Waals surface area contributed by atoms with Gasteiger partial charge in [-0.2, -0.15) is 0 Å². The van der Waals surface area contributed by atoms with E-state index in [1.807, 2.05) is 6.08 Å². The molecule has 7 unspecified atom stereocenters. The third-order valence-electron chi connectivity index (χ3n) is 13.2. The van der Waals surface area contributed by atoms with Gasteiger partial charge in [0.1, 0.15) is 24.4 Å². The van der Waals surface area contributed by atoms with Crippen LogP contribution in [0.4, 0.5) is 0 Å². The van der Waals surface area contributed by atoms with E-state index in [1.54, 1.807) is 6.08 Å². The summed E-state index contributed by atoms with van der Waals surface area (Å²) in [7, 11) is 0. The Morgan fingerprint density at radius 3 is 1.51 bits per heavy atom. The number of aliphatic hydroxyl groups excluding tert-OH is 5. The van der Waals surface area contributed by atoms with E-state index in [1.165, 1.54) is 128 Å². The number of ether oxygens (including phenoxy) is 3. The number of hydrogen-bond donors (Lipinski definition) is 6. The zero-order valence-electron chi connectivity index (χ0n) is 44.0. The maximum absolute atomic E-state index is 13.0. The molecule has 69 heavy (non-hydrogen) atoms. The van der Waals surface area contributed by atoms with Gasteiger partial charge in [0.2, 0.25) is 5.91 Å². The highest BCUT2D eigenvalue weighted by Crippen LogP contribution is 2.23. The quantitative estimate of drug-likeness (QED) is 0.0196. The first kappa shape index (κ1) is 64.6. The summed E-state index contributed by atoms with van der Waals surface area (Å²) in [6, 6.07) is -0.840. The smallest absolute Gasteiger partial charge is 0.305 e. The van der Waals surface area contributed by atoms with Crippen LogP contribution < -0.4 is 5.32 Å². The molecule has 0 aromatic heterocycles. The molecule has 1 amide bonds. The Labute approximate surface area is 421 Å². The Hall–Kier alpha value is -2.38. The van der Waals surface area contributed by atoms with Gasteiger partial charge in [0.05, 0.1) is 32.0 Å². The number of rotatable bonds is 48. The first-order valence-corrected chi connectivity index (χ1v) is 28.4. The molecule has 1 heterocycles. The number of carbonyl (C=O) groups excluding carboxylic acids is 2. The van der Waals surface area contributed by atoms with Crippen LogP contribution in [0.3, 0.4) is 0 Å². The molecule has 0 spiro atoms. The molecule has 0 bridgehead atoms. The van der Waals surface area contributed by atoms with Gasteiger partial charge in [0, 0.05) is 12.8 Å². The Bertz CT molecular complexity index is 1290. The van der Waals surface area contributed by atoms with Gasteiger partial charge in [-0.15, -0.1) is 0 Å². The van der Waals surface area contributed by atoms with Gasteiger partial charge in [-0.1, -0.05) is 204 Å². The molecule has 402 valence electrons. The topological polar surface area (TPSA) is 175 Å².